The van der Waals surface area contributed by atoms with Crippen LogP contribution in [-0.2, 0) is 22.7 Å². The summed E-state index contributed by atoms with van der Waals surface area (Å²) in [7, 11) is 0. The second-order valence-electron chi connectivity index (χ2n) is 6.50. The Morgan fingerprint density at radius 2 is 1.74 bits per heavy atom. The zero-order valence-corrected chi connectivity index (χ0v) is 17.9. The lowest BCUT2D eigenvalue weighted by molar-refractivity contribution is -0.114. The van der Waals surface area contributed by atoms with Crippen LogP contribution in [0.15, 0.2) is 72.4 Å². The largest absolute Gasteiger partial charge is 0.486 e. The van der Waals surface area contributed by atoms with Crippen molar-refractivity contribution in [2.24, 2.45) is 0 Å². The normalized spacial score (nSPS) is 10.4. The number of rotatable bonds is 10. The highest BCUT2D eigenvalue weighted by molar-refractivity contribution is 7.99. The highest BCUT2D eigenvalue weighted by atomic mass is 32.2. The Morgan fingerprint density at radius 1 is 1.06 bits per heavy atom. The van der Waals surface area contributed by atoms with E-state index in [0.717, 1.165) is 5.75 Å². The van der Waals surface area contributed by atoms with E-state index in [1.807, 2.05) is 34.9 Å². The Kier molecular flexibility index (Phi) is 7.83. The molecule has 0 aliphatic heterocycles. The van der Waals surface area contributed by atoms with E-state index in [0.29, 0.717) is 28.9 Å². The maximum absolute atomic E-state index is 12.3. The summed E-state index contributed by atoms with van der Waals surface area (Å²) in [5.41, 5.74) is 1.31. The fourth-order valence-corrected chi connectivity index (χ4v) is 3.44. The van der Waals surface area contributed by atoms with Gasteiger partial charge in [-0.25, -0.2) is 0 Å². The molecule has 0 bridgehead atoms. The van der Waals surface area contributed by atoms with E-state index >= 15 is 0 Å². The van der Waals surface area contributed by atoms with Gasteiger partial charge in [0.2, 0.25) is 11.8 Å². The van der Waals surface area contributed by atoms with Crippen LogP contribution in [0.4, 0.5) is 11.4 Å². The number of hydrogen-bond donors (Lipinski definition) is 2. The number of para-hydroxylation sites is 1. The smallest absolute Gasteiger partial charge is 0.234 e. The molecule has 31 heavy (non-hydrogen) atoms. The van der Waals surface area contributed by atoms with Crippen molar-refractivity contribution in [3.63, 3.8) is 0 Å². The molecule has 9 heteroatoms. The van der Waals surface area contributed by atoms with Crippen molar-refractivity contribution in [2.75, 3.05) is 16.4 Å². The molecule has 3 aromatic rings. The summed E-state index contributed by atoms with van der Waals surface area (Å²) in [5, 5.41) is 14.5. The van der Waals surface area contributed by atoms with Crippen LogP contribution in [0.25, 0.3) is 0 Å². The lowest BCUT2D eigenvalue weighted by Crippen LogP contribution is -2.15. The molecule has 2 N–H and O–H groups in total. The summed E-state index contributed by atoms with van der Waals surface area (Å²) in [6.45, 7) is 5.99. The van der Waals surface area contributed by atoms with Crippen LogP contribution in [0.1, 0.15) is 12.7 Å². The Morgan fingerprint density at radius 3 is 2.39 bits per heavy atom. The van der Waals surface area contributed by atoms with Crippen molar-refractivity contribution in [1.29, 1.82) is 0 Å². The molecule has 0 saturated heterocycles. The molecule has 0 spiro atoms. The van der Waals surface area contributed by atoms with Crippen molar-refractivity contribution < 1.29 is 14.3 Å². The van der Waals surface area contributed by atoms with E-state index in [-0.39, 0.29) is 24.2 Å². The van der Waals surface area contributed by atoms with Crippen molar-refractivity contribution in [1.82, 2.24) is 14.8 Å². The molecular weight excluding hydrogens is 414 g/mol. The molecular formula is C22H23N5O3S. The topological polar surface area (TPSA) is 98.1 Å². The molecule has 0 saturated carbocycles. The number of carbonyl (C=O) groups excluding carboxylic acids is 2. The van der Waals surface area contributed by atoms with Crippen molar-refractivity contribution in [3.05, 3.63) is 73.1 Å². The van der Waals surface area contributed by atoms with E-state index in [1.54, 1.807) is 30.3 Å². The number of thioether (sulfide) groups is 1. The van der Waals surface area contributed by atoms with Crippen LogP contribution in [0.3, 0.4) is 0 Å². The minimum absolute atomic E-state index is 0.148. The molecule has 0 atom stereocenters. The molecule has 1 aromatic heterocycles. The number of amides is 2. The van der Waals surface area contributed by atoms with Crippen molar-refractivity contribution in [3.8, 4) is 5.75 Å². The van der Waals surface area contributed by atoms with Crippen LogP contribution in [0, 0.1) is 0 Å². The molecule has 0 aliphatic rings. The average Bonchev–Trinajstić information content (AvgIpc) is 3.14. The number of allylic oxidation sites excluding steroid dienone is 1. The summed E-state index contributed by atoms with van der Waals surface area (Å²) >= 11 is 1.29. The van der Waals surface area contributed by atoms with Gasteiger partial charge in [0, 0.05) is 24.8 Å². The number of carbonyl (C=O) groups is 2. The second-order valence-corrected chi connectivity index (χ2v) is 7.44. The van der Waals surface area contributed by atoms with Gasteiger partial charge in [0.1, 0.15) is 12.4 Å². The zero-order chi connectivity index (χ0) is 22.1. The first-order valence-corrected chi connectivity index (χ1v) is 10.5. The molecule has 160 valence electrons. The number of anilines is 2. The molecule has 8 nitrogen and oxygen atoms in total. The number of nitrogens with zero attached hydrogens (tertiary/aromatic N) is 3. The summed E-state index contributed by atoms with van der Waals surface area (Å²) in [5.74, 6) is 1.24. The molecule has 2 aromatic carbocycles. The summed E-state index contributed by atoms with van der Waals surface area (Å²) in [6, 6.07) is 16.4. The van der Waals surface area contributed by atoms with Crippen molar-refractivity contribution >= 4 is 35.0 Å². The molecule has 0 unspecified atom stereocenters. The highest BCUT2D eigenvalue weighted by Crippen LogP contribution is 2.20. The monoisotopic (exact) mass is 437 g/mol. The number of hydrogen-bond acceptors (Lipinski definition) is 6. The molecule has 0 fully saturated rings. The van der Waals surface area contributed by atoms with Gasteiger partial charge in [-0.3, -0.25) is 14.2 Å². The van der Waals surface area contributed by atoms with E-state index in [2.05, 4.69) is 27.4 Å². The summed E-state index contributed by atoms with van der Waals surface area (Å²) < 4.78 is 7.63. The minimum atomic E-state index is -0.174. The van der Waals surface area contributed by atoms with Gasteiger partial charge in [-0.05, 0) is 36.4 Å². The molecule has 0 aliphatic carbocycles. The standard InChI is InChI=1S/C22H23N5O3S/c1-3-13-27-20(14-30-19-7-5-4-6-8-19)25-26-22(27)31-15-21(29)24-18-11-9-17(10-12-18)23-16(2)28/h3-12H,1,13-15H2,2H3,(H,23,28)(H,24,29). The van der Waals surface area contributed by atoms with E-state index < -0.39 is 0 Å². The Hall–Kier alpha value is -3.59. The van der Waals surface area contributed by atoms with Crippen LogP contribution < -0.4 is 15.4 Å². The first kappa shape index (κ1) is 22.1. The van der Waals surface area contributed by atoms with Crippen LogP contribution in [-0.4, -0.2) is 32.3 Å². The van der Waals surface area contributed by atoms with E-state index in [9.17, 15) is 9.59 Å². The van der Waals surface area contributed by atoms with Gasteiger partial charge < -0.3 is 15.4 Å². The Labute approximate surface area is 184 Å². The van der Waals surface area contributed by atoms with Gasteiger partial charge in [-0.15, -0.1) is 16.8 Å². The van der Waals surface area contributed by atoms with Crippen LogP contribution >= 0.6 is 11.8 Å². The number of benzene rings is 2. The lowest BCUT2D eigenvalue weighted by Gasteiger charge is -2.09. The van der Waals surface area contributed by atoms with Gasteiger partial charge in [0.05, 0.1) is 5.75 Å². The number of nitrogens with one attached hydrogen (secondary N) is 2. The van der Waals surface area contributed by atoms with Gasteiger partial charge >= 0.3 is 0 Å². The molecule has 0 radical (unpaired) electrons. The quantitative estimate of drug-likeness (QED) is 0.370. The van der Waals surface area contributed by atoms with Crippen LogP contribution in [0.5, 0.6) is 5.75 Å². The molecule has 1 heterocycles. The number of ether oxygens (including phenoxy) is 1. The van der Waals surface area contributed by atoms with Gasteiger partial charge in [0.25, 0.3) is 0 Å². The third-order valence-corrected chi connectivity index (χ3v) is 5.00. The predicted molar refractivity (Wildman–Crippen MR) is 121 cm³/mol. The number of aromatic nitrogens is 3. The highest BCUT2D eigenvalue weighted by Gasteiger charge is 2.14. The third kappa shape index (κ3) is 6.71. The first-order valence-electron chi connectivity index (χ1n) is 9.56. The Balaban J connectivity index is 1.56. The molecule has 2 amide bonds. The summed E-state index contributed by atoms with van der Waals surface area (Å²) in [4.78, 5) is 23.4. The summed E-state index contributed by atoms with van der Waals surface area (Å²) in [6.07, 6.45) is 1.75. The lowest BCUT2D eigenvalue weighted by atomic mass is 10.3. The zero-order valence-electron chi connectivity index (χ0n) is 17.1. The predicted octanol–water partition coefficient (Wildman–Crippen LogP) is 3.73. The molecule has 3 rings (SSSR count). The second kappa shape index (κ2) is 11.0. The third-order valence-electron chi connectivity index (χ3n) is 4.04. The minimum Gasteiger partial charge on any atom is -0.486 e. The first-order chi connectivity index (χ1) is 15.0. The SMILES string of the molecule is C=CCn1c(COc2ccccc2)nnc1SCC(=O)Nc1ccc(NC(C)=O)cc1. The van der Waals surface area contributed by atoms with E-state index in [1.165, 1.54) is 18.7 Å². The van der Waals surface area contributed by atoms with Crippen molar-refractivity contribution in [2.45, 2.75) is 25.2 Å². The maximum atomic E-state index is 12.3. The maximum Gasteiger partial charge on any atom is 0.234 e. The average molecular weight is 438 g/mol. The fourth-order valence-electron chi connectivity index (χ4n) is 2.68. The fraction of sp³-hybridized carbons (Fsp3) is 0.182. The van der Waals surface area contributed by atoms with Gasteiger partial charge in [0.15, 0.2) is 11.0 Å². The van der Waals surface area contributed by atoms with E-state index in [4.69, 9.17) is 4.74 Å². The van der Waals surface area contributed by atoms with Crippen LogP contribution in [0.2, 0.25) is 0 Å². The van der Waals surface area contributed by atoms with Gasteiger partial charge in [-0.1, -0.05) is 36.0 Å². The Bertz CT molecular complexity index is 1040. The van der Waals surface area contributed by atoms with Gasteiger partial charge in [-0.2, -0.15) is 0 Å².